The van der Waals surface area contributed by atoms with Crippen molar-refractivity contribution in [3.05, 3.63) is 0 Å². The van der Waals surface area contributed by atoms with Crippen LogP contribution in [0, 0.1) is 0 Å². The molecule has 0 saturated heterocycles. The molecule has 5 heteroatoms. The maximum atomic E-state index is 11.6. The van der Waals surface area contributed by atoms with E-state index in [2.05, 4.69) is 15.5 Å². The lowest BCUT2D eigenvalue weighted by Crippen LogP contribution is -2.44. The van der Waals surface area contributed by atoms with Crippen molar-refractivity contribution in [3.63, 3.8) is 0 Å². The fraction of sp³-hybridized carbons (Fsp3) is 0.700. The molecule has 1 unspecified atom stereocenters. The number of nitrogens with one attached hydrogen (secondary N) is 1. The summed E-state index contributed by atoms with van der Waals surface area (Å²) >= 11 is 0. The van der Waals surface area contributed by atoms with Crippen molar-refractivity contribution in [1.82, 2.24) is 5.43 Å². The molecule has 0 bridgehead atoms. The Morgan fingerprint density at radius 1 is 1.53 bits per heavy atom. The number of nitrogens with zero attached hydrogens (tertiary/aromatic N) is 2. The third kappa shape index (κ3) is 2.55. The summed E-state index contributed by atoms with van der Waals surface area (Å²) in [5.74, 6) is -0.403. The lowest BCUT2D eigenvalue weighted by Gasteiger charge is -2.28. The van der Waals surface area contributed by atoms with Crippen LogP contribution < -0.4 is 5.43 Å². The van der Waals surface area contributed by atoms with Crippen LogP contribution in [0.2, 0.25) is 0 Å². The summed E-state index contributed by atoms with van der Waals surface area (Å²) in [5.41, 5.74) is 3.30. The molecule has 1 rings (SSSR count). The van der Waals surface area contributed by atoms with Crippen LogP contribution >= 0.6 is 0 Å². The van der Waals surface area contributed by atoms with Crippen molar-refractivity contribution in [2.45, 2.75) is 39.8 Å². The number of carbonyl (C=O) groups excluding carboxylic acids is 1. The molecule has 0 amide bonds. The van der Waals surface area contributed by atoms with Crippen LogP contribution in [-0.4, -0.2) is 29.7 Å². The van der Waals surface area contributed by atoms with Crippen molar-refractivity contribution in [1.29, 1.82) is 0 Å². The van der Waals surface area contributed by atoms with E-state index in [0.29, 0.717) is 18.0 Å². The fourth-order valence-electron chi connectivity index (χ4n) is 1.16. The minimum absolute atomic E-state index is 0.319. The van der Waals surface area contributed by atoms with Gasteiger partial charge >= 0.3 is 5.97 Å². The maximum Gasteiger partial charge on any atom is 0.358 e. The number of hydrogen-bond acceptors (Lipinski definition) is 5. The van der Waals surface area contributed by atoms with Crippen molar-refractivity contribution in [3.8, 4) is 0 Å². The predicted molar refractivity (Wildman–Crippen MR) is 59.0 cm³/mol. The molecule has 1 heterocycles. The van der Waals surface area contributed by atoms with Gasteiger partial charge in [-0.1, -0.05) is 6.92 Å². The summed E-state index contributed by atoms with van der Waals surface area (Å²) in [5, 5.41) is 4.07. The van der Waals surface area contributed by atoms with Gasteiger partial charge in [-0.3, -0.25) is 5.43 Å². The molecule has 5 nitrogen and oxygen atoms in total. The molecule has 0 spiro atoms. The molecular weight excluding hydrogens is 194 g/mol. The first-order chi connectivity index (χ1) is 7.02. The topological polar surface area (TPSA) is 63.0 Å². The first kappa shape index (κ1) is 11.7. The molecule has 1 N–H and O–H groups in total. The molecular formula is C10H17N3O2. The smallest absolute Gasteiger partial charge is 0.358 e. The second-order valence-corrected chi connectivity index (χ2v) is 3.62. The minimum atomic E-state index is -0.498. The van der Waals surface area contributed by atoms with E-state index in [-0.39, 0.29) is 0 Å². The number of hydrogen-bond donors (Lipinski definition) is 1. The van der Waals surface area contributed by atoms with Gasteiger partial charge < -0.3 is 4.74 Å². The highest BCUT2D eigenvalue weighted by molar-refractivity contribution is 6.65. The lowest BCUT2D eigenvalue weighted by atomic mass is 10.1. The second kappa shape index (κ2) is 4.42. The Morgan fingerprint density at radius 3 is 2.73 bits per heavy atom. The summed E-state index contributed by atoms with van der Waals surface area (Å²) in [7, 11) is 0. The van der Waals surface area contributed by atoms with Gasteiger partial charge in [0.05, 0.1) is 12.3 Å². The van der Waals surface area contributed by atoms with Crippen LogP contribution in [0.3, 0.4) is 0 Å². The van der Waals surface area contributed by atoms with Gasteiger partial charge in [0.1, 0.15) is 5.66 Å². The molecule has 0 aromatic carbocycles. The molecule has 0 fully saturated rings. The van der Waals surface area contributed by atoms with Crippen molar-refractivity contribution >= 4 is 17.4 Å². The molecule has 0 aromatic heterocycles. The molecule has 15 heavy (non-hydrogen) atoms. The van der Waals surface area contributed by atoms with E-state index in [9.17, 15) is 4.79 Å². The SMILES string of the molecule is CCOC(=O)C1=NC(C)(CC)NN=C1C. The van der Waals surface area contributed by atoms with E-state index in [4.69, 9.17) is 4.74 Å². The van der Waals surface area contributed by atoms with Crippen molar-refractivity contribution in [2.24, 2.45) is 10.1 Å². The Morgan fingerprint density at radius 2 is 2.20 bits per heavy atom. The van der Waals surface area contributed by atoms with Crippen LogP contribution in [0.25, 0.3) is 0 Å². The van der Waals surface area contributed by atoms with Crippen LogP contribution in [-0.2, 0) is 9.53 Å². The quantitative estimate of drug-likeness (QED) is 0.711. The average molecular weight is 211 g/mol. The molecule has 0 saturated carbocycles. The van der Waals surface area contributed by atoms with Crippen LogP contribution in [0.5, 0.6) is 0 Å². The van der Waals surface area contributed by atoms with Gasteiger partial charge in [0, 0.05) is 0 Å². The van der Waals surface area contributed by atoms with E-state index < -0.39 is 11.6 Å². The molecule has 1 aliphatic rings. The first-order valence-electron chi connectivity index (χ1n) is 5.11. The number of esters is 1. The van der Waals surface area contributed by atoms with Gasteiger partial charge in [0.25, 0.3) is 0 Å². The minimum Gasteiger partial charge on any atom is -0.461 e. The number of rotatable bonds is 3. The standard InChI is InChI=1S/C10H17N3O2/c1-5-10(4)11-8(7(3)12-13-10)9(14)15-6-2/h13H,5-6H2,1-4H3. The van der Waals surface area contributed by atoms with Crippen LogP contribution in [0.1, 0.15) is 34.1 Å². The third-order valence-electron chi connectivity index (χ3n) is 2.32. The zero-order valence-electron chi connectivity index (χ0n) is 9.63. The Hall–Kier alpha value is -1.39. The largest absolute Gasteiger partial charge is 0.461 e. The number of carbonyl (C=O) groups is 1. The Balaban J connectivity index is 2.92. The normalized spacial score (nSPS) is 25.1. The fourth-order valence-corrected chi connectivity index (χ4v) is 1.16. The number of ether oxygens (including phenoxy) is 1. The number of aliphatic imine (C=N–C) groups is 1. The first-order valence-corrected chi connectivity index (χ1v) is 5.11. The predicted octanol–water partition coefficient (Wildman–Crippen LogP) is 1.10. The van der Waals surface area contributed by atoms with E-state index in [1.165, 1.54) is 0 Å². The summed E-state index contributed by atoms with van der Waals surface area (Å²) < 4.78 is 4.91. The zero-order chi connectivity index (χ0) is 11.5. The highest BCUT2D eigenvalue weighted by Gasteiger charge is 2.29. The monoisotopic (exact) mass is 211 g/mol. The van der Waals surface area contributed by atoms with E-state index >= 15 is 0 Å². The highest BCUT2D eigenvalue weighted by Crippen LogP contribution is 2.15. The number of hydrazone groups is 1. The third-order valence-corrected chi connectivity index (χ3v) is 2.32. The maximum absolute atomic E-state index is 11.6. The van der Waals surface area contributed by atoms with Gasteiger partial charge in [0.2, 0.25) is 0 Å². The van der Waals surface area contributed by atoms with Gasteiger partial charge in [-0.2, -0.15) is 5.10 Å². The van der Waals surface area contributed by atoms with E-state index in [0.717, 1.165) is 6.42 Å². The summed E-state index contributed by atoms with van der Waals surface area (Å²) in [4.78, 5) is 15.9. The average Bonchev–Trinajstić information content (AvgIpc) is 2.22. The lowest BCUT2D eigenvalue weighted by molar-refractivity contribution is -0.134. The molecule has 84 valence electrons. The van der Waals surface area contributed by atoms with Crippen LogP contribution in [0.15, 0.2) is 10.1 Å². The van der Waals surface area contributed by atoms with Crippen molar-refractivity contribution in [2.75, 3.05) is 6.61 Å². The molecule has 1 aliphatic heterocycles. The second-order valence-electron chi connectivity index (χ2n) is 3.62. The molecule has 0 aliphatic carbocycles. The van der Waals surface area contributed by atoms with Gasteiger partial charge in [0.15, 0.2) is 5.71 Å². The van der Waals surface area contributed by atoms with Gasteiger partial charge in [-0.05, 0) is 27.2 Å². The molecule has 1 atom stereocenters. The summed E-state index contributed by atoms with van der Waals surface area (Å²) in [6.07, 6.45) is 0.757. The Bertz CT molecular complexity index is 323. The van der Waals surface area contributed by atoms with E-state index in [1.807, 2.05) is 13.8 Å². The van der Waals surface area contributed by atoms with E-state index in [1.54, 1.807) is 13.8 Å². The molecule has 0 aromatic rings. The highest BCUT2D eigenvalue weighted by atomic mass is 16.5. The zero-order valence-corrected chi connectivity index (χ0v) is 9.63. The van der Waals surface area contributed by atoms with Crippen molar-refractivity contribution < 1.29 is 9.53 Å². The van der Waals surface area contributed by atoms with Gasteiger partial charge in [-0.25, -0.2) is 9.79 Å². The Kier molecular flexibility index (Phi) is 3.44. The summed E-state index contributed by atoms with van der Waals surface area (Å²) in [6.45, 7) is 7.72. The molecule has 0 radical (unpaired) electrons. The van der Waals surface area contributed by atoms with Gasteiger partial charge in [-0.15, -0.1) is 0 Å². The van der Waals surface area contributed by atoms with Crippen LogP contribution in [0.4, 0.5) is 0 Å². The Labute approximate surface area is 89.6 Å². The summed E-state index contributed by atoms with van der Waals surface area (Å²) in [6, 6.07) is 0.